The van der Waals surface area contributed by atoms with Crippen LogP contribution in [0.2, 0.25) is 0 Å². The third-order valence-electron chi connectivity index (χ3n) is 5.60. The van der Waals surface area contributed by atoms with Gasteiger partial charge < -0.3 is 24.4 Å². The highest BCUT2D eigenvalue weighted by Gasteiger charge is 2.50. The maximum absolute atomic E-state index is 12.2. The molecule has 1 saturated carbocycles. The SMILES string of the molecule is C[NH+](C)Cc1cn([C@H]2CO[C@H]3[C@@H]2OC[C@H]3OC(=O)NC2CCCCC2)nn1. The van der Waals surface area contributed by atoms with E-state index in [4.69, 9.17) is 14.2 Å². The predicted molar refractivity (Wildman–Crippen MR) is 95.3 cm³/mol. The number of fused-ring (bicyclic) bond motifs is 1. The molecule has 0 spiro atoms. The lowest BCUT2D eigenvalue weighted by Crippen LogP contribution is -3.04. The van der Waals surface area contributed by atoms with E-state index in [1.807, 2.05) is 10.9 Å². The maximum atomic E-state index is 12.2. The minimum atomic E-state index is -0.377. The summed E-state index contributed by atoms with van der Waals surface area (Å²) in [6.45, 7) is 1.65. The minimum Gasteiger partial charge on any atom is -0.441 e. The van der Waals surface area contributed by atoms with Crippen molar-refractivity contribution in [1.29, 1.82) is 0 Å². The number of alkyl carbamates (subject to hydrolysis) is 1. The number of carbonyl (C=O) groups is 1. The van der Waals surface area contributed by atoms with Gasteiger partial charge in [-0.05, 0) is 12.8 Å². The molecule has 0 aromatic carbocycles. The Balaban J connectivity index is 1.31. The van der Waals surface area contributed by atoms with Crippen molar-refractivity contribution in [2.75, 3.05) is 27.3 Å². The van der Waals surface area contributed by atoms with Gasteiger partial charge in [-0.25, -0.2) is 9.48 Å². The van der Waals surface area contributed by atoms with Gasteiger partial charge in [-0.1, -0.05) is 24.5 Å². The molecule has 0 radical (unpaired) electrons. The zero-order chi connectivity index (χ0) is 18.8. The smallest absolute Gasteiger partial charge is 0.407 e. The molecule has 1 aromatic heterocycles. The Kier molecular flexibility index (Phi) is 5.60. The summed E-state index contributed by atoms with van der Waals surface area (Å²) in [4.78, 5) is 13.5. The van der Waals surface area contributed by atoms with Gasteiger partial charge >= 0.3 is 6.09 Å². The van der Waals surface area contributed by atoms with E-state index in [9.17, 15) is 4.79 Å². The van der Waals surface area contributed by atoms with Gasteiger partial charge in [0.25, 0.3) is 0 Å². The minimum absolute atomic E-state index is 0.0385. The number of nitrogens with one attached hydrogen (secondary N) is 2. The fourth-order valence-corrected chi connectivity index (χ4v) is 4.28. The molecular weight excluding hydrogens is 350 g/mol. The fraction of sp³-hybridized carbons (Fsp3) is 0.833. The van der Waals surface area contributed by atoms with Gasteiger partial charge in [0.1, 0.15) is 30.5 Å². The molecule has 4 atom stereocenters. The van der Waals surface area contributed by atoms with Crippen LogP contribution in [0.15, 0.2) is 6.20 Å². The summed E-state index contributed by atoms with van der Waals surface area (Å²) in [7, 11) is 4.15. The molecular formula is C18H30N5O4+. The van der Waals surface area contributed by atoms with Crippen molar-refractivity contribution < 1.29 is 23.9 Å². The van der Waals surface area contributed by atoms with E-state index in [2.05, 4.69) is 29.7 Å². The third-order valence-corrected chi connectivity index (χ3v) is 5.60. The highest BCUT2D eigenvalue weighted by Crippen LogP contribution is 2.35. The Morgan fingerprint density at radius 3 is 2.81 bits per heavy atom. The van der Waals surface area contributed by atoms with E-state index in [0.29, 0.717) is 13.2 Å². The molecule has 9 heteroatoms. The van der Waals surface area contributed by atoms with Gasteiger partial charge in [0, 0.05) is 6.04 Å². The summed E-state index contributed by atoms with van der Waals surface area (Å²) in [5.41, 5.74) is 0.941. The van der Waals surface area contributed by atoms with E-state index >= 15 is 0 Å². The van der Waals surface area contributed by atoms with Gasteiger partial charge in [0.05, 0.1) is 33.5 Å². The molecule has 0 bridgehead atoms. The van der Waals surface area contributed by atoms with E-state index in [-0.39, 0.29) is 36.5 Å². The van der Waals surface area contributed by atoms with Crippen LogP contribution < -0.4 is 10.2 Å². The van der Waals surface area contributed by atoms with Crippen molar-refractivity contribution in [3.8, 4) is 0 Å². The molecule has 3 heterocycles. The van der Waals surface area contributed by atoms with Crippen molar-refractivity contribution >= 4 is 6.09 Å². The van der Waals surface area contributed by atoms with Crippen LogP contribution in [-0.2, 0) is 20.8 Å². The summed E-state index contributed by atoms with van der Waals surface area (Å²) in [5.74, 6) is 0. The molecule has 2 aliphatic heterocycles. The lowest BCUT2D eigenvalue weighted by atomic mass is 9.96. The van der Waals surface area contributed by atoms with E-state index in [1.54, 1.807) is 0 Å². The van der Waals surface area contributed by atoms with Crippen LogP contribution in [0.1, 0.15) is 43.8 Å². The zero-order valence-electron chi connectivity index (χ0n) is 16.1. The van der Waals surface area contributed by atoms with Gasteiger partial charge in [0.2, 0.25) is 0 Å². The molecule has 27 heavy (non-hydrogen) atoms. The first kappa shape index (κ1) is 18.6. The number of amides is 1. The lowest BCUT2D eigenvalue weighted by molar-refractivity contribution is -0.873. The summed E-state index contributed by atoms with van der Waals surface area (Å²) in [5, 5.41) is 11.5. The highest BCUT2D eigenvalue weighted by molar-refractivity contribution is 5.68. The molecule has 1 aliphatic carbocycles. The van der Waals surface area contributed by atoms with Crippen LogP contribution in [0.5, 0.6) is 0 Å². The molecule has 1 aromatic rings. The molecule has 2 saturated heterocycles. The van der Waals surface area contributed by atoms with E-state index in [1.165, 1.54) is 24.2 Å². The van der Waals surface area contributed by atoms with Crippen LogP contribution in [-0.4, -0.2) is 72.7 Å². The Morgan fingerprint density at radius 2 is 2.04 bits per heavy atom. The lowest BCUT2D eigenvalue weighted by Gasteiger charge is -2.24. The second-order valence-corrected chi connectivity index (χ2v) is 8.16. The standard InChI is InChI=1S/C18H29N5O4/c1-22(2)8-13-9-23(21-20-13)14-10-25-17-15(11-26-16(14)17)27-18(24)19-12-6-4-3-5-7-12/h9,12,14-17H,3-8,10-11H2,1-2H3,(H,19,24)/p+1/t14-,15+,16+,17+/m0/s1. The molecule has 0 unspecified atom stereocenters. The highest BCUT2D eigenvalue weighted by atomic mass is 16.6. The zero-order valence-corrected chi connectivity index (χ0v) is 16.1. The van der Waals surface area contributed by atoms with Crippen LogP contribution in [0, 0.1) is 0 Å². The number of rotatable bonds is 5. The predicted octanol–water partition coefficient (Wildman–Crippen LogP) is -0.311. The second-order valence-electron chi connectivity index (χ2n) is 8.16. The molecule has 1 amide bonds. The summed E-state index contributed by atoms with van der Waals surface area (Å²) >= 11 is 0. The fourth-order valence-electron chi connectivity index (χ4n) is 4.28. The third kappa shape index (κ3) is 4.25. The maximum Gasteiger partial charge on any atom is 0.407 e. The largest absolute Gasteiger partial charge is 0.441 e. The van der Waals surface area contributed by atoms with Crippen molar-refractivity contribution in [1.82, 2.24) is 20.3 Å². The molecule has 9 nitrogen and oxygen atoms in total. The average molecular weight is 380 g/mol. The van der Waals surface area contributed by atoms with Crippen LogP contribution >= 0.6 is 0 Å². The Bertz CT molecular complexity index is 645. The van der Waals surface area contributed by atoms with Crippen LogP contribution in [0.4, 0.5) is 4.79 Å². The first-order valence-corrected chi connectivity index (χ1v) is 10.0. The van der Waals surface area contributed by atoms with Gasteiger partial charge in [-0.15, -0.1) is 5.10 Å². The molecule has 3 aliphatic rings. The van der Waals surface area contributed by atoms with Gasteiger partial charge in [0.15, 0.2) is 6.10 Å². The number of quaternary nitrogens is 1. The van der Waals surface area contributed by atoms with Crippen molar-refractivity contribution in [3.05, 3.63) is 11.9 Å². The van der Waals surface area contributed by atoms with Gasteiger partial charge in [-0.3, -0.25) is 0 Å². The van der Waals surface area contributed by atoms with Crippen LogP contribution in [0.25, 0.3) is 0 Å². The molecule has 2 N–H and O–H groups in total. The first-order valence-electron chi connectivity index (χ1n) is 10.0. The van der Waals surface area contributed by atoms with Crippen molar-refractivity contribution in [2.45, 2.75) is 69.0 Å². The van der Waals surface area contributed by atoms with Crippen LogP contribution in [0.3, 0.4) is 0 Å². The summed E-state index contributed by atoms with van der Waals surface area (Å²) in [6, 6.07) is 0.192. The summed E-state index contributed by atoms with van der Waals surface area (Å²) < 4.78 is 19.3. The number of nitrogens with zero attached hydrogens (tertiary/aromatic N) is 3. The second kappa shape index (κ2) is 8.12. The first-order chi connectivity index (χ1) is 13.1. The average Bonchev–Trinajstić information content (AvgIpc) is 3.33. The topological polar surface area (TPSA) is 91.9 Å². The Labute approximate surface area is 159 Å². The number of ether oxygens (including phenoxy) is 3. The number of hydrogen-bond acceptors (Lipinski definition) is 6. The van der Waals surface area contributed by atoms with Crippen molar-refractivity contribution in [3.63, 3.8) is 0 Å². The normalized spacial score (nSPS) is 31.2. The monoisotopic (exact) mass is 380 g/mol. The Hall–Kier alpha value is -1.71. The molecule has 3 fully saturated rings. The Morgan fingerprint density at radius 1 is 1.26 bits per heavy atom. The van der Waals surface area contributed by atoms with Gasteiger partial charge in [-0.2, -0.15) is 0 Å². The molecule has 4 rings (SSSR count). The number of carbonyl (C=O) groups excluding carboxylic acids is 1. The quantitative estimate of drug-likeness (QED) is 0.728. The number of aromatic nitrogens is 3. The van der Waals surface area contributed by atoms with E-state index < -0.39 is 0 Å². The molecule has 150 valence electrons. The van der Waals surface area contributed by atoms with Crippen molar-refractivity contribution in [2.24, 2.45) is 0 Å². The summed E-state index contributed by atoms with van der Waals surface area (Å²) in [6.07, 6.45) is 6.45. The number of hydrogen-bond donors (Lipinski definition) is 2. The van der Waals surface area contributed by atoms with E-state index in [0.717, 1.165) is 25.1 Å².